The molecule has 1 atom stereocenters. The molecule has 0 bridgehead atoms. The summed E-state index contributed by atoms with van der Waals surface area (Å²) in [5.41, 5.74) is 9.83. The quantitative estimate of drug-likeness (QED) is 0.399. The maximum atomic E-state index is 10.1. The Balaban J connectivity index is 3.39. The molecule has 0 aliphatic rings. The van der Waals surface area contributed by atoms with E-state index in [9.17, 15) is 9.59 Å². The van der Waals surface area contributed by atoms with Gasteiger partial charge in [-0.1, -0.05) is 0 Å². The Morgan fingerprint density at radius 2 is 2.09 bits per heavy atom. The first kappa shape index (κ1) is 9.70. The number of hydrogen-bond acceptors (Lipinski definition) is 3. The number of rotatable bonds is 4. The van der Waals surface area contributed by atoms with Crippen molar-refractivity contribution in [3.8, 4) is 0 Å². The van der Waals surface area contributed by atoms with Gasteiger partial charge in [0.2, 0.25) is 0 Å². The van der Waals surface area contributed by atoms with Crippen LogP contribution in [0.3, 0.4) is 0 Å². The van der Waals surface area contributed by atoms with E-state index in [0.717, 1.165) is 0 Å². The molecule has 0 aromatic heterocycles. The molecule has 6 heteroatoms. The van der Waals surface area contributed by atoms with E-state index < -0.39 is 18.0 Å². The minimum atomic E-state index is -1.09. The fraction of sp³-hybridized carbons (Fsp3) is 0.600. The van der Waals surface area contributed by atoms with Crippen molar-refractivity contribution in [3.05, 3.63) is 0 Å². The third-order valence-electron chi connectivity index (χ3n) is 1.07. The van der Waals surface area contributed by atoms with E-state index >= 15 is 0 Å². The highest BCUT2D eigenvalue weighted by Crippen LogP contribution is 1.84. The highest BCUT2D eigenvalue weighted by molar-refractivity contribution is 5.73. The molecule has 6 nitrogen and oxygen atoms in total. The lowest BCUT2D eigenvalue weighted by atomic mass is 10.2. The van der Waals surface area contributed by atoms with Crippen LogP contribution in [0.2, 0.25) is 0 Å². The number of nitrogens with two attached hydrogens (primary N) is 2. The van der Waals surface area contributed by atoms with Gasteiger partial charge in [0.1, 0.15) is 6.04 Å². The summed E-state index contributed by atoms with van der Waals surface area (Å²) in [6, 6.07) is -1.62. The first-order valence-electron chi connectivity index (χ1n) is 3.05. The maximum Gasteiger partial charge on any atom is 0.320 e. The van der Waals surface area contributed by atoms with Crippen molar-refractivity contribution in [2.75, 3.05) is 6.54 Å². The predicted molar refractivity (Wildman–Crippen MR) is 37.8 cm³/mol. The number of hydrogen-bond donors (Lipinski definition) is 4. The van der Waals surface area contributed by atoms with E-state index in [2.05, 4.69) is 5.32 Å². The second kappa shape index (κ2) is 4.51. The topological polar surface area (TPSA) is 118 Å². The zero-order valence-corrected chi connectivity index (χ0v) is 5.91. The van der Waals surface area contributed by atoms with Crippen LogP contribution in [0.5, 0.6) is 0 Å². The number of aliphatic carboxylic acids is 1. The molecule has 11 heavy (non-hydrogen) atoms. The molecule has 0 saturated carbocycles. The number of carboxylic acid groups (broad SMARTS) is 1. The van der Waals surface area contributed by atoms with Gasteiger partial charge < -0.3 is 21.9 Å². The number of carboxylic acids is 1. The zero-order valence-electron chi connectivity index (χ0n) is 5.91. The molecule has 0 aliphatic carbocycles. The van der Waals surface area contributed by atoms with Crippen molar-refractivity contribution in [3.63, 3.8) is 0 Å². The van der Waals surface area contributed by atoms with Gasteiger partial charge in [0.15, 0.2) is 0 Å². The molecule has 0 aromatic carbocycles. The van der Waals surface area contributed by atoms with Crippen LogP contribution in [0.25, 0.3) is 0 Å². The summed E-state index contributed by atoms with van der Waals surface area (Å²) in [4.78, 5) is 20.2. The molecule has 0 unspecified atom stereocenters. The van der Waals surface area contributed by atoms with Crippen LogP contribution in [0.4, 0.5) is 4.79 Å². The lowest BCUT2D eigenvalue weighted by molar-refractivity contribution is -0.138. The highest BCUT2D eigenvalue weighted by Gasteiger charge is 2.10. The summed E-state index contributed by atoms with van der Waals surface area (Å²) < 4.78 is 0. The van der Waals surface area contributed by atoms with Crippen molar-refractivity contribution in [1.29, 1.82) is 0 Å². The Morgan fingerprint density at radius 3 is 2.45 bits per heavy atom. The van der Waals surface area contributed by atoms with Gasteiger partial charge in [0.05, 0.1) is 0 Å². The van der Waals surface area contributed by atoms with Gasteiger partial charge in [0, 0.05) is 6.54 Å². The second-order valence-electron chi connectivity index (χ2n) is 2.02. The number of urea groups is 1. The summed E-state index contributed by atoms with van der Waals surface area (Å²) in [5.74, 6) is -1.09. The summed E-state index contributed by atoms with van der Waals surface area (Å²) in [6.07, 6.45) is 0.179. The van der Waals surface area contributed by atoms with Gasteiger partial charge in [-0.15, -0.1) is 0 Å². The molecule has 0 radical (unpaired) electrons. The number of primary amides is 1. The molecule has 0 fully saturated rings. The van der Waals surface area contributed by atoms with Crippen molar-refractivity contribution in [2.45, 2.75) is 12.5 Å². The number of amides is 2. The van der Waals surface area contributed by atoms with Crippen LogP contribution in [0, 0.1) is 0 Å². The van der Waals surface area contributed by atoms with E-state index in [1.165, 1.54) is 0 Å². The van der Waals surface area contributed by atoms with E-state index in [0.29, 0.717) is 0 Å². The zero-order chi connectivity index (χ0) is 8.85. The fourth-order valence-corrected chi connectivity index (χ4v) is 0.474. The lowest BCUT2D eigenvalue weighted by Crippen LogP contribution is -2.37. The van der Waals surface area contributed by atoms with E-state index in [1.54, 1.807) is 0 Å². The van der Waals surface area contributed by atoms with Crippen molar-refractivity contribution in [1.82, 2.24) is 5.32 Å². The Hall–Kier alpha value is -1.30. The van der Waals surface area contributed by atoms with Gasteiger partial charge in [-0.2, -0.15) is 0 Å². The largest absolute Gasteiger partial charge is 0.480 e. The van der Waals surface area contributed by atoms with Gasteiger partial charge in [-0.25, -0.2) is 4.79 Å². The van der Waals surface area contributed by atoms with Crippen molar-refractivity contribution in [2.24, 2.45) is 11.5 Å². The van der Waals surface area contributed by atoms with Crippen LogP contribution < -0.4 is 16.8 Å². The average molecular weight is 161 g/mol. The summed E-state index contributed by atoms with van der Waals surface area (Å²) in [5, 5.41) is 10.5. The summed E-state index contributed by atoms with van der Waals surface area (Å²) in [6.45, 7) is 0.183. The predicted octanol–water partition coefficient (Wildman–Crippen LogP) is -1.54. The minimum absolute atomic E-state index is 0.179. The molecular weight excluding hydrogens is 150 g/mol. The molecule has 0 aliphatic heterocycles. The van der Waals surface area contributed by atoms with Crippen LogP contribution >= 0.6 is 0 Å². The van der Waals surface area contributed by atoms with Crippen LogP contribution in [-0.4, -0.2) is 29.7 Å². The molecule has 0 rings (SSSR count). The van der Waals surface area contributed by atoms with Gasteiger partial charge in [-0.3, -0.25) is 4.79 Å². The first-order chi connectivity index (χ1) is 5.04. The Kier molecular flexibility index (Phi) is 3.97. The Bertz CT molecular complexity index is 159. The molecule has 0 saturated heterocycles. The molecule has 2 amide bonds. The smallest absolute Gasteiger partial charge is 0.320 e. The average Bonchev–Trinajstić information content (AvgIpc) is 1.86. The third-order valence-corrected chi connectivity index (χ3v) is 1.07. The van der Waals surface area contributed by atoms with Gasteiger partial charge in [0.25, 0.3) is 0 Å². The molecule has 6 N–H and O–H groups in total. The number of carbonyl (C=O) groups excluding carboxylic acids is 1. The summed E-state index contributed by atoms with van der Waals surface area (Å²) >= 11 is 0. The first-order valence-corrected chi connectivity index (χ1v) is 3.05. The number of nitrogens with one attached hydrogen (secondary N) is 1. The SMILES string of the molecule is NC(=O)NCC[C@H](N)C(=O)O. The number of carbonyl (C=O) groups is 2. The van der Waals surface area contributed by atoms with Gasteiger partial charge >= 0.3 is 12.0 Å². The highest BCUT2D eigenvalue weighted by atomic mass is 16.4. The van der Waals surface area contributed by atoms with Gasteiger partial charge in [-0.05, 0) is 6.42 Å². The fourth-order valence-electron chi connectivity index (χ4n) is 0.474. The maximum absolute atomic E-state index is 10.1. The van der Waals surface area contributed by atoms with Crippen LogP contribution in [0.15, 0.2) is 0 Å². The lowest BCUT2D eigenvalue weighted by Gasteiger charge is -2.05. The van der Waals surface area contributed by atoms with E-state index in [4.69, 9.17) is 16.6 Å². The van der Waals surface area contributed by atoms with E-state index in [-0.39, 0.29) is 13.0 Å². The van der Waals surface area contributed by atoms with Crippen LogP contribution in [0.1, 0.15) is 6.42 Å². The monoisotopic (exact) mass is 161 g/mol. The molecule has 64 valence electrons. The van der Waals surface area contributed by atoms with Crippen LogP contribution in [-0.2, 0) is 4.79 Å². The second-order valence-corrected chi connectivity index (χ2v) is 2.02. The van der Waals surface area contributed by atoms with Crippen molar-refractivity contribution >= 4 is 12.0 Å². The molecular formula is C5H11N3O3. The minimum Gasteiger partial charge on any atom is -0.480 e. The standard InChI is InChI=1S/C5H11N3O3/c6-3(4(9)10)1-2-8-5(7)11/h3H,1-2,6H2,(H,9,10)(H3,7,8,11)/t3-/m0/s1. The van der Waals surface area contributed by atoms with E-state index in [1.807, 2.05) is 0 Å². The Morgan fingerprint density at radius 1 is 1.55 bits per heavy atom. The normalized spacial score (nSPS) is 12.1. The third kappa shape index (κ3) is 5.16. The Labute approximate surface area is 63.5 Å². The van der Waals surface area contributed by atoms with Crippen molar-refractivity contribution < 1.29 is 14.7 Å². The molecule has 0 spiro atoms. The molecule has 0 heterocycles. The summed E-state index contributed by atoms with van der Waals surface area (Å²) in [7, 11) is 0. The molecule has 0 aromatic rings.